The summed E-state index contributed by atoms with van der Waals surface area (Å²) in [6.45, 7) is 3.97. The smallest absolute Gasteiger partial charge is 0.271 e. The maximum atomic E-state index is 15.5. The van der Waals surface area contributed by atoms with Gasteiger partial charge in [-0.3, -0.25) is 29.0 Å². The van der Waals surface area contributed by atoms with Gasteiger partial charge < -0.3 is 19.5 Å². The second-order valence-corrected chi connectivity index (χ2v) is 13.6. The molecule has 8 rings (SSSR count). The summed E-state index contributed by atoms with van der Waals surface area (Å²) in [6, 6.07) is 17.1. The molecule has 51 heavy (non-hydrogen) atoms. The zero-order chi connectivity index (χ0) is 35.1. The lowest BCUT2D eigenvalue weighted by Crippen LogP contribution is -2.47. The van der Waals surface area contributed by atoms with E-state index >= 15 is 4.39 Å². The first-order chi connectivity index (χ1) is 24.8. The molecule has 1 saturated heterocycles. The molecule has 6 aromatic rings. The van der Waals surface area contributed by atoms with Gasteiger partial charge in [0.1, 0.15) is 22.9 Å². The summed E-state index contributed by atoms with van der Waals surface area (Å²) in [5, 5.41) is 2.62. The number of aromatic nitrogens is 3. The quantitative estimate of drug-likeness (QED) is 0.165. The molecule has 2 aromatic carbocycles. The zero-order valence-corrected chi connectivity index (χ0v) is 28.2. The number of ether oxygens (including phenoxy) is 3. The molecule has 0 spiro atoms. The van der Waals surface area contributed by atoms with Crippen molar-refractivity contribution in [2.24, 2.45) is 5.92 Å². The van der Waals surface area contributed by atoms with Crippen LogP contribution in [0.2, 0.25) is 0 Å². The number of fused-ring (bicyclic) bond motifs is 2. The van der Waals surface area contributed by atoms with Gasteiger partial charge in [-0.15, -0.1) is 11.3 Å². The number of pyridine rings is 3. The average molecular weight is 708 g/mol. The molecule has 258 valence electrons. The molecule has 2 aliphatic rings. The third-order valence-corrected chi connectivity index (χ3v) is 10.1. The SMILES string of the molecule is COCC1CN(Cc2ccc(-c3cc4nccc(Oc5ccc(NC(=O)c6c7c(cn(-c8ccc(F)cc8)c6=O)CCO7)cc5F)c4s3)nc2)C1. The van der Waals surface area contributed by atoms with Crippen molar-refractivity contribution in [1.82, 2.24) is 19.4 Å². The number of rotatable bonds is 10. The topological polar surface area (TPSA) is 108 Å². The first-order valence-electron chi connectivity index (χ1n) is 16.3. The van der Waals surface area contributed by atoms with Crippen LogP contribution < -0.4 is 20.3 Å². The molecule has 6 heterocycles. The van der Waals surface area contributed by atoms with Crippen LogP contribution in [0.3, 0.4) is 0 Å². The average Bonchev–Trinajstić information content (AvgIpc) is 3.77. The van der Waals surface area contributed by atoms with Crippen molar-refractivity contribution in [3.63, 3.8) is 0 Å². The molecule has 4 aromatic heterocycles. The molecule has 0 saturated carbocycles. The Morgan fingerprint density at radius 3 is 2.65 bits per heavy atom. The number of hydrogen-bond acceptors (Lipinski definition) is 9. The molecule has 0 aliphatic carbocycles. The Balaban J connectivity index is 0.984. The van der Waals surface area contributed by atoms with Crippen LogP contribution in [0, 0.1) is 17.6 Å². The second-order valence-electron chi connectivity index (χ2n) is 12.5. The highest BCUT2D eigenvalue weighted by molar-refractivity contribution is 7.22. The van der Waals surface area contributed by atoms with E-state index in [1.807, 2.05) is 18.3 Å². The summed E-state index contributed by atoms with van der Waals surface area (Å²) < 4.78 is 47.9. The highest BCUT2D eigenvalue weighted by Gasteiger charge is 2.28. The number of carbonyl (C=O) groups is 1. The van der Waals surface area contributed by atoms with E-state index in [4.69, 9.17) is 19.2 Å². The van der Waals surface area contributed by atoms with E-state index in [2.05, 4.69) is 21.3 Å². The van der Waals surface area contributed by atoms with Gasteiger partial charge in [-0.2, -0.15) is 0 Å². The number of benzene rings is 2. The van der Waals surface area contributed by atoms with Crippen LogP contribution >= 0.6 is 11.3 Å². The molecular formula is C38H31F2N5O5S. The first-order valence-corrected chi connectivity index (χ1v) is 17.2. The zero-order valence-electron chi connectivity index (χ0n) is 27.4. The fourth-order valence-corrected chi connectivity index (χ4v) is 7.46. The number of amides is 1. The van der Waals surface area contributed by atoms with Gasteiger partial charge in [0, 0.05) is 86.7 Å². The van der Waals surface area contributed by atoms with Gasteiger partial charge >= 0.3 is 0 Å². The van der Waals surface area contributed by atoms with E-state index in [0.29, 0.717) is 41.5 Å². The van der Waals surface area contributed by atoms with Crippen molar-refractivity contribution in [2.45, 2.75) is 13.0 Å². The van der Waals surface area contributed by atoms with E-state index in [-0.39, 0.29) is 22.7 Å². The minimum absolute atomic E-state index is 0.0562. The molecule has 0 atom stereocenters. The van der Waals surface area contributed by atoms with Crippen molar-refractivity contribution in [2.75, 3.05) is 38.7 Å². The van der Waals surface area contributed by atoms with Crippen molar-refractivity contribution in [1.29, 1.82) is 0 Å². The van der Waals surface area contributed by atoms with Crippen LogP contribution in [0.4, 0.5) is 14.5 Å². The summed E-state index contributed by atoms with van der Waals surface area (Å²) in [4.78, 5) is 39.4. The van der Waals surface area contributed by atoms with Gasteiger partial charge in [0.15, 0.2) is 11.6 Å². The van der Waals surface area contributed by atoms with Crippen molar-refractivity contribution in [3.8, 4) is 33.5 Å². The summed E-state index contributed by atoms with van der Waals surface area (Å²) in [5.41, 5.74) is 2.93. The van der Waals surface area contributed by atoms with Crippen LogP contribution in [-0.4, -0.2) is 58.8 Å². The number of halogens is 2. The highest BCUT2D eigenvalue weighted by Crippen LogP contribution is 2.39. The molecule has 2 aliphatic heterocycles. The van der Waals surface area contributed by atoms with E-state index in [1.165, 1.54) is 52.3 Å². The maximum Gasteiger partial charge on any atom is 0.271 e. The Bertz CT molecular complexity index is 2320. The van der Waals surface area contributed by atoms with Crippen molar-refractivity contribution >= 4 is 33.1 Å². The number of hydrogen-bond donors (Lipinski definition) is 1. The van der Waals surface area contributed by atoms with Crippen LogP contribution in [0.15, 0.2) is 90.1 Å². The highest BCUT2D eigenvalue weighted by atomic mass is 32.1. The lowest BCUT2D eigenvalue weighted by atomic mass is 10.0. The number of anilines is 1. The molecule has 13 heteroatoms. The summed E-state index contributed by atoms with van der Waals surface area (Å²) in [5.74, 6) is -0.800. The largest absolute Gasteiger partial charge is 0.492 e. The summed E-state index contributed by atoms with van der Waals surface area (Å²) >= 11 is 1.45. The first kappa shape index (κ1) is 32.7. The van der Waals surface area contributed by atoms with Gasteiger partial charge in [-0.05, 0) is 54.1 Å². The van der Waals surface area contributed by atoms with Gasteiger partial charge in [0.25, 0.3) is 11.5 Å². The number of nitrogens with one attached hydrogen (secondary N) is 1. The number of carbonyl (C=O) groups excluding carboxylic acids is 1. The third-order valence-electron chi connectivity index (χ3n) is 8.89. The lowest BCUT2D eigenvalue weighted by molar-refractivity contribution is 0.0293. The van der Waals surface area contributed by atoms with Crippen LogP contribution in [0.1, 0.15) is 21.5 Å². The Kier molecular flexibility index (Phi) is 8.76. The van der Waals surface area contributed by atoms with E-state index in [1.54, 1.807) is 25.6 Å². The molecule has 0 unspecified atom stereocenters. The lowest BCUT2D eigenvalue weighted by Gasteiger charge is -2.38. The maximum absolute atomic E-state index is 15.5. The molecule has 1 fully saturated rings. The number of nitrogens with zero attached hydrogens (tertiary/aromatic N) is 4. The van der Waals surface area contributed by atoms with Gasteiger partial charge in [0.05, 0.1) is 34.0 Å². The fraction of sp³-hybridized carbons (Fsp3) is 0.211. The molecule has 10 nitrogen and oxygen atoms in total. The molecule has 0 radical (unpaired) electrons. The number of methoxy groups -OCH3 is 1. The van der Waals surface area contributed by atoms with Gasteiger partial charge in [0.2, 0.25) is 0 Å². The Morgan fingerprint density at radius 2 is 1.88 bits per heavy atom. The van der Waals surface area contributed by atoms with E-state index in [0.717, 1.165) is 53.1 Å². The standard InChI is InChI=1S/C38H31F2N5O5S/c1-48-21-23-18-44(19-23)17-22-2-8-29(42-16-22)33-15-30-36(51-33)32(10-12-41-30)50-31-9-5-26(14-28(31)40)43-37(46)34-35-24(11-13-49-35)20-45(38(34)47)27-6-3-25(39)4-7-27/h2-10,12,14-16,20,23H,11,13,17-19,21H2,1H3,(H,43,46). The van der Waals surface area contributed by atoms with Crippen molar-refractivity contribution in [3.05, 3.63) is 124 Å². The monoisotopic (exact) mass is 707 g/mol. The van der Waals surface area contributed by atoms with Crippen LogP contribution in [0.25, 0.3) is 26.5 Å². The third kappa shape index (κ3) is 6.58. The minimum atomic E-state index is -0.762. The van der Waals surface area contributed by atoms with Crippen LogP contribution in [0.5, 0.6) is 17.2 Å². The molecule has 1 N–H and O–H groups in total. The van der Waals surface area contributed by atoms with E-state index < -0.39 is 23.1 Å². The van der Waals surface area contributed by atoms with Crippen molar-refractivity contribution < 1.29 is 27.8 Å². The predicted octanol–water partition coefficient (Wildman–Crippen LogP) is 6.85. The summed E-state index contributed by atoms with van der Waals surface area (Å²) in [6.07, 6.45) is 5.57. The Morgan fingerprint density at radius 1 is 1.04 bits per heavy atom. The number of thiophene rings is 1. The van der Waals surface area contributed by atoms with Gasteiger partial charge in [-0.25, -0.2) is 8.78 Å². The summed E-state index contributed by atoms with van der Waals surface area (Å²) in [7, 11) is 1.73. The molecule has 1 amide bonds. The fourth-order valence-electron chi connectivity index (χ4n) is 6.41. The molecule has 0 bridgehead atoms. The molecular weight excluding hydrogens is 677 g/mol. The van der Waals surface area contributed by atoms with E-state index in [9.17, 15) is 14.0 Å². The Labute approximate surface area is 294 Å². The van der Waals surface area contributed by atoms with Crippen LogP contribution in [-0.2, 0) is 17.7 Å². The predicted molar refractivity (Wildman–Crippen MR) is 189 cm³/mol. The normalized spacial score (nSPS) is 14.3. The Hall–Kier alpha value is -5.50. The van der Waals surface area contributed by atoms with Gasteiger partial charge in [-0.1, -0.05) is 6.07 Å². The number of likely N-dealkylation sites (tertiary alicyclic amines) is 1. The minimum Gasteiger partial charge on any atom is -0.492 e. The second kappa shape index (κ2) is 13.7.